The molecular formula is C21H23BFNO4. The third-order valence-corrected chi connectivity index (χ3v) is 5.45. The predicted molar refractivity (Wildman–Crippen MR) is 104 cm³/mol. The molecule has 2 aliphatic rings. The van der Waals surface area contributed by atoms with Crippen LogP contribution < -0.4 is 10.2 Å². The van der Waals surface area contributed by atoms with Gasteiger partial charge in [0.15, 0.2) is 0 Å². The minimum Gasteiger partial charge on any atom is -0.490 e. The fourth-order valence-electron chi connectivity index (χ4n) is 3.91. The van der Waals surface area contributed by atoms with Gasteiger partial charge in [-0.05, 0) is 47.3 Å². The Bertz CT molecular complexity index is 837. The Hall–Kier alpha value is -2.38. The van der Waals surface area contributed by atoms with Crippen molar-refractivity contribution in [3.05, 3.63) is 59.4 Å². The molecule has 4 rings (SSSR count). The average molecular weight is 383 g/mol. The van der Waals surface area contributed by atoms with Crippen LogP contribution in [0.1, 0.15) is 30.4 Å². The number of hydrogen-bond acceptors (Lipinski definition) is 4. The van der Waals surface area contributed by atoms with Crippen molar-refractivity contribution < 1.29 is 23.6 Å². The number of fused-ring (bicyclic) bond motifs is 1. The number of ether oxygens (including phenoxy) is 1. The predicted octanol–water partition coefficient (Wildman–Crippen LogP) is 2.05. The third kappa shape index (κ3) is 4.21. The number of likely N-dealkylation sites (tertiary alicyclic amines) is 1. The van der Waals surface area contributed by atoms with Crippen LogP contribution in [0, 0.1) is 5.82 Å². The first-order valence-electron chi connectivity index (χ1n) is 9.70. The molecule has 2 heterocycles. The number of carbonyl (C=O) groups is 1. The van der Waals surface area contributed by atoms with E-state index in [1.54, 1.807) is 12.1 Å². The second-order valence-electron chi connectivity index (χ2n) is 7.31. The van der Waals surface area contributed by atoms with Gasteiger partial charge in [0.25, 0.3) is 0 Å². The van der Waals surface area contributed by atoms with E-state index >= 15 is 0 Å². The topological polar surface area (TPSA) is 59.0 Å². The van der Waals surface area contributed by atoms with Crippen molar-refractivity contribution in [2.75, 3.05) is 13.1 Å². The maximum absolute atomic E-state index is 13.0. The number of hydrogen-bond donors (Lipinski definition) is 1. The molecular weight excluding hydrogens is 360 g/mol. The van der Waals surface area contributed by atoms with E-state index in [4.69, 9.17) is 9.39 Å². The van der Waals surface area contributed by atoms with Gasteiger partial charge in [-0.3, -0.25) is 4.79 Å². The average Bonchev–Trinajstić information content (AvgIpc) is 3.10. The maximum Gasteiger partial charge on any atom is 0.492 e. The van der Waals surface area contributed by atoms with E-state index in [1.807, 2.05) is 23.1 Å². The molecule has 2 aromatic rings. The van der Waals surface area contributed by atoms with Gasteiger partial charge in [-0.15, -0.1) is 0 Å². The normalized spacial score (nSPS) is 16.9. The quantitative estimate of drug-likeness (QED) is 0.803. The van der Waals surface area contributed by atoms with Gasteiger partial charge in [-0.25, -0.2) is 4.39 Å². The lowest BCUT2D eigenvalue weighted by atomic mass is 9.75. The molecule has 1 fully saturated rings. The highest BCUT2D eigenvalue weighted by atomic mass is 19.1. The number of piperidine rings is 1. The molecule has 0 bridgehead atoms. The summed E-state index contributed by atoms with van der Waals surface area (Å²) in [6, 6.07) is 11.9. The van der Waals surface area contributed by atoms with E-state index in [0.717, 1.165) is 29.4 Å². The van der Waals surface area contributed by atoms with Crippen LogP contribution in [0.4, 0.5) is 4.39 Å². The lowest BCUT2D eigenvalue weighted by Crippen LogP contribution is -2.42. The lowest BCUT2D eigenvalue weighted by molar-refractivity contribution is -0.132. The Morgan fingerprint density at radius 1 is 1.21 bits per heavy atom. The van der Waals surface area contributed by atoms with Crippen molar-refractivity contribution >= 4 is 18.5 Å². The van der Waals surface area contributed by atoms with E-state index in [1.165, 1.54) is 12.1 Å². The summed E-state index contributed by atoms with van der Waals surface area (Å²) >= 11 is 0. The highest BCUT2D eigenvalue weighted by molar-refractivity contribution is 6.62. The monoisotopic (exact) mass is 383 g/mol. The van der Waals surface area contributed by atoms with E-state index in [2.05, 4.69) is 0 Å². The van der Waals surface area contributed by atoms with Crippen molar-refractivity contribution in [1.82, 2.24) is 4.90 Å². The van der Waals surface area contributed by atoms with Gasteiger partial charge >= 0.3 is 7.12 Å². The standard InChI is InChI=1S/C21H23BFNO4/c23-17-5-7-18(8-6-17)28-19-10-12-24(13-11-19)20(25)9-4-15-2-1-3-16-14-27-22(26)21(15)16/h1-3,5-8,19,26H,4,9-14H2. The summed E-state index contributed by atoms with van der Waals surface area (Å²) in [6.45, 7) is 1.73. The van der Waals surface area contributed by atoms with E-state index in [0.29, 0.717) is 38.3 Å². The number of nitrogens with zero attached hydrogens (tertiary/aromatic N) is 1. The summed E-state index contributed by atoms with van der Waals surface area (Å²) in [7, 11) is -0.888. The molecule has 0 aliphatic carbocycles. The van der Waals surface area contributed by atoms with Gasteiger partial charge in [0.2, 0.25) is 5.91 Å². The van der Waals surface area contributed by atoms with Crippen molar-refractivity contribution in [2.45, 2.75) is 38.4 Å². The fraction of sp³-hybridized carbons (Fsp3) is 0.381. The van der Waals surface area contributed by atoms with Crippen molar-refractivity contribution in [1.29, 1.82) is 0 Å². The summed E-state index contributed by atoms with van der Waals surface area (Å²) in [5, 5.41) is 9.99. The maximum atomic E-state index is 13.0. The number of amides is 1. The molecule has 0 spiro atoms. The van der Waals surface area contributed by atoms with Gasteiger partial charge in [0, 0.05) is 32.4 Å². The van der Waals surface area contributed by atoms with Crippen LogP contribution in [-0.2, 0) is 22.5 Å². The van der Waals surface area contributed by atoms with Crippen LogP contribution in [0.2, 0.25) is 0 Å². The molecule has 146 valence electrons. The number of benzene rings is 2. The summed E-state index contributed by atoms with van der Waals surface area (Å²) < 4.78 is 24.1. The van der Waals surface area contributed by atoms with Gasteiger partial charge < -0.3 is 19.3 Å². The molecule has 5 nitrogen and oxygen atoms in total. The van der Waals surface area contributed by atoms with Crippen LogP contribution >= 0.6 is 0 Å². The SMILES string of the molecule is O=C(CCc1cccc2c1B(O)OC2)N1CCC(Oc2ccc(F)cc2)CC1. The molecule has 0 saturated carbocycles. The van der Waals surface area contributed by atoms with E-state index in [9.17, 15) is 14.2 Å². The van der Waals surface area contributed by atoms with Crippen LogP contribution in [0.25, 0.3) is 0 Å². The molecule has 0 radical (unpaired) electrons. The zero-order valence-electron chi connectivity index (χ0n) is 15.6. The number of carbonyl (C=O) groups excluding carboxylic acids is 1. The van der Waals surface area contributed by atoms with Crippen molar-refractivity contribution in [3.8, 4) is 5.75 Å². The van der Waals surface area contributed by atoms with Crippen molar-refractivity contribution in [2.24, 2.45) is 0 Å². The Labute approximate surface area is 164 Å². The molecule has 7 heteroatoms. The first-order chi connectivity index (χ1) is 13.6. The first kappa shape index (κ1) is 19.0. The zero-order chi connectivity index (χ0) is 19.5. The summed E-state index contributed by atoms with van der Waals surface area (Å²) in [5.74, 6) is 0.493. The fourth-order valence-corrected chi connectivity index (χ4v) is 3.91. The van der Waals surface area contributed by atoms with Crippen LogP contribution in [0.3, 0.4) is 0 Å². The molecule has 1 N–H and O–H groups in total. The van der Waals surface area contributed by atoms with Gasteiger partial charge in [0.1, 0.15) is 17.7 Å². The molecule has 1 saturated heterocycles. The lowest BCUT2D eigenvalue weighted by Gasteiger charge is -2.32. The molecule has 0 unspecified atom stereocenters. The number of aryl methyl sites for hydroxylation is 1. The number of halogens is 1. The Morgan fingerprint density at radius 2 is 1.96 bits per heavy atom. The molecule has 1 amide bonds. The third-order valence-electron chi connectivity index (χ3n) is 5.45. The van der Waals surface area contributed by atoms with Crippen LogP contribution in [0.15, 0.2) is 42.5 Å². The highest BCUT2D eigenvalue weighted by Crippen LogP contribution is 2.20. The Morgan fingerprint density at radius 3 is 2.71 bits per heavy atom. The summed E-state index contributed by atoms with van der Waals surface area (Å²) in [5.41, 5.74) is 2.79. The van der Waals surface area contributed by atoms with Crippen molar-refractivity contribution in [3.63, 3.8) is 0 Å². The van der Waals surface area contributed by atoms with Crippen LogP contribution in [0.5, 0.6) is 5.75 Å². The van der Waals surface area contributed by atoms with Gasteiger partial charge in [-0.2, -0.15) is 0 Å². The Kier molecular flexibility index (Phi) is 5.64. The Balaban J connectivity index is 1.27. The second-order valence-corrected chi connectivity index (χ2v) is 7.31. The first-order valence-corrected chi connectivity index (χ1v) is 9.70. The van der Waals surface area contributed by atoms with E-state index in [-0.39, 0.29) is 17.8 Å². The minimum absolute atomic E-state index is 0.0409. The molecule has 0 aromatic heterocycles. The largest absolute Gasteiger partial charge is 0.492 e. The highest BCUT2D eigenvalue weighted by Gasteiger charge is 2.30. The number of rotatable bonds is 5. The molecule has 2 aromatic carbocycles. The second kappa shape index (κ2) is 8.33. The minimum atomic E-state index is -0.888. The van der Waals surface area contributed by atoms with Gasteiger partial charge in [0.05, 0.1) is 6.61 Å². The summed E-state index contributed by atoms with van der Waals surface area (Å²) in [4.78, 5) is 14.5. The zero-order valence-corrected chi connectivity index (χ0v) is 15.6. The van der Waals surface area contributed by atoms with E-state index < -0.39 is 7.12 Å². The van der Waals surface area contributed by atoms with Gasteiger partial charge in [-0.1, -0.05) is 18.2 Å². The molecule has 28 heavy (non-hydrogen) atoms. The molecule has 0 atom stereocenters. The summed E-state index contributed by atoms with van der Waals surface area (Å²) in [6.07, 6.45) is 2.56. The smallest absolute Gasteiger partial charge is 0.490 e. The van der Waals surface area contributed by atoms with Crippen LogP contribution in [-0.4, -0.2) is 42.1 Å². The molecule has 2 aliphatic heterocycles.